The van der Waals surface area contributed by atoms with Crippen molar-refractivity contribution in [3.63, 3.8) is 0 Å². The molecule has 2 saturated carbocycles. The molecule has 0 aliphatic heterocycles. The van der Waals surface area contributed by atoms with Gasteiger partial charge in [-0.1, -0.05) is 60.1 Å². The maximum Gasteiger partial charge on any atom is 0.407 e. The fraction of sp³-hybridized carbons (Fsp3) is 0.833. The van der Waals surface area contributed by atoms with E-state index in [9.17, 15) is 29.4 Å². The number of aliphatic carboxylic acids is 2. The van der Waals surface area contributed by atoms with Gasteiger partial charge in [0.1, 0.15) is 13.2 Å². The smallest absolute Gasteiger partial charge is 0.407 e. The molecular weight excluding hydrogens is 508 g/mol. The molecule has 0 atom stereocenters. The molecule has 0 aromatic carbocycles. The molecule has 2 aliphatic rings. The lowest BCUT2D eigenvalue weighted by Gasteiger charge is -2.36. The van der Waals surface area contributed by atoms with Crippen LogP contribution in [-0.4, -0.2) is 72.1 Å². The Bertz CT molecular complexity index is 665. The molecule has 206 valence electrons. The molecular formula is C24H40N2O8S2. The van der Waals surface area contributed by atoms with E-state index < -0.39 is 24.1 Å². The molecule has 12 heteroatoms. The molecule has 0 bridgehead atoms. The first kappa shape index (κ1) is 30.4. The van der Waals surface area contributed by atoms with E-state index in [1.807, 2.05) is 0 Å². The lowest BCUT2D eigenvalue weighted by molar-refractivity contribution is -0.141. The summed E-state index contributed by atoms with van der Waals surface area (Å²) in [5.74, 6) is -0.536. The summed E-state index contributed by atoms with van der Waals surface area (Å²) in [7, 11) is 3.00. The molecule has 0 aromatic rings. The molecule has 0 unspecified atom stereocenters. The maximum absolute atomic E-state index is 12.0. The number of rotatable bonds is 15. The standard InChI is InChI=1S/C24H40N2O8S2/c27-19(28)15-23(7-3-1-4-8-23)17-25-21(31)33-11-13-35-36-14-12-34-22(32)26-18-24(16-20(29)30)9-5-2-6-10-24/h1-18H2,(H,25,31)(H,26,32)(H,27,28)(H,29,30). The van der Waals surface area contributed by atoms with Crippen molar-refractivity contribution in [2.75, 3.05) is 37.8 Å². The third-order valence-corrected chi connectivity index (χ3v) is 9.31. The average molecular weight is 549 g/mol. The second kappa shape index (κ2) is 16.1. The van der Waals surface area contributed by atoms with Gasteiger partial charge in [-0.15, -0.1) is 0 Å². The summed E-state index contributed by atoms with van der Waals surface area (Å²) in [6, 6.07) is 0. The molecule has 4 N–H and O–H groups in total. The molecule has 2 aliphatic carbocycles. The Balaban J connectivity index is 1.50. The second-order valence-corrected chi connectivity index (χ2v) is 12.6. The van der Waals surface area contributed by atoms with Gasteiger partial charge in [-0.3, -0.25) is 9.59 Å². The number of ether oxygens (including phenoxy) is 2. The van der Waals surface area contributed by atoms with E-state index in [2.05, 4.69) is 10.6 Å². The second-order valence-electron chi connectivity index (χ2n) is 9.89. The highest BCUT2D eigenvalue weighted by atomic mass is 33.1. The minimum atomic E-state index is -0.840. The molecule has 0 saturated heterocycles. The van der Waals surface area contributed by atoms with Gasteiger partial charge in [0, 0.05) is 24.6 Å². The summed E-state index contributed by atoms with van der Waals surface area (Å²) in [4.78, 5) is 46.4. The van der Waals surface area contributed by atoms with E-state index in [1.54, 1.807) is 0 Å². The van der Waals surface area contributed by atoms with Crippen molar-refractivity contribution < 1.29 is 38.9 Å². The molecule has 0 heterocycles. The van der Waals surface area contributed by atoms with Crippen molar-refractivity contribution in [2.24, 2.45) is 10.8 Å². The summed E-state index contributed by atoms with van der Waals surface area (Å²) in [5.41, 5.74) is -0.763. The largest absolute Gasteiger partial charge is 0.481 e. The lowest BCUT2D eigenvalue weighted by Crippen LogP contribution is -2.40. The van der Waals surface area contributed by atoms with Crippen LogP contribution < -0.4 is 10.6 Å². The van der Waals surface area contributed by atoms with E-state index in [0.29, 0.717) is 24.6 Å². The Morgan fingerprint density at radius 3 is 1.33 bits per heavy atom. The summed E-state index contributed by atoms with van der Waals surface area (Å²) < 4.78 is 10.4. The molecule has 2 fully saturated rings. The predicted octanol–water partition coefficient (Wildman–Crippen LogP) is 4.67. The van der Waals surface area contributed by atoms with Crippen LogP contribution >= 0.6 is 21.6 Å². The zero-order chi connectivity index (χ0) is 26.3. The van der Waals surface area contributed by atoms with Gasteiger partial charge in [0.15, 0.2) is 0 Å². The highest BCUT2D eigenvalue weighted by molar-refractivity contribution is 8.76. The van der Waals surface area contributed by atoms with Gasteiger partial charge in [-0.25, -0.2) is 9.59 Å². The third-order valence-electron chi connectivity index (χ3n) is 6.98. The number of carbonyl (C=O) groups excluding carboxylic acids is 2. The van der Waals surface area contributed by atoms with Crippen LogP contribution in [0.1, 0.15) is 77.0 Å². The lowest BCUT2D eigenvalue weighted by atomic mass is 9.72. The molecule has 0 spiro atoms. The SMILES string of the molecule is O=C(O)CC1(CNC(=O)OCCSSCCOC(=O)NCC2(CC(=O)O)CCCCC2)CCCCC1. The van der Waals surface area contributed by atoms with Crippen molar-refractivity contribution in [1.29, 1.82) is 0 Å². The van der Waals surface area contributed by atoms with E-state index in [0.717, 1.165) is 64.2 Å². The average Bonchev–Trinajstić information content (AvgIpc) is 2.83. The molecule has 2 rings (SSSR count). The quantitative estimate of drug-likeness (QED) is 0.168. The van der Waals surface area contributed by atoms with E-state index in [4.69, 9.17) is 9.47 Å². The van der Waals surface area contributed by atoms with Gasteiger partial charge in [-0.05, 0) is 36.5 Å². The van der Waals surface area contributed by atoms with Crippen LogP contribution in [0.2, 0.25) is 0 Å². The van der Waals surface area contributed by atoms with Gasteiger partial charge in [0.2, 0.25) is 0 Å². The van der Waals surface area contributed by atoms with Gasteiger partial charge in [-0.2, -0.15) is 0 Å². The molecule has 10 nitrogen and oxygen atoms in total. The normalized spacial score (nSPS) is 18.6. The molecule has 36 heavy (non-hydrogen) atoms. The number of hydrogen-bond acceptors (Lipinski definition) is 8. The molecule has 0 radical (unpaired) electrons. The fourth-order valence-electron chi connectivity index (χ4n) is 5.15. The van der Waals surface area contributed by atoms with Gasteiger partial charge < -0.3 is 30.3 Å². The van der Waals surface area contributed by atoms with Crippen LogP contribution in [0.5, 0.6) is 0 Å². The number of amides is 2. The number of carboxylic acid groups (broad SMARTS) is 2. The number of alkyl carbamates (subject to hydrolysis) is 2. The summed E-state index contributed by atoms with van der Waals surface area (Å²) in [5, 5.41) is 23.9. The highest BCUT2D eigenvalue weighted by Gasteiger charge is 2.36. The van der Waals surface area contributed by atoms with Crippen LogP contribution in [0.3, 0.4) is 0 Å². The number of nitrogens with one attached hydrogen (secondary N) is 2. The van der Waals surface area contributed by atoms with Crippen LogP contribution in [0.15, 0.2) is 0 Å². The number of carboxylic acids is 2. The van der Waals surface area contributed by atoms with E-state index in [-0.39, 0.29) is 36.9 Å². The zero-order valence-corrected chi connectivity index (χ0v) is 22.5. The Morgan fingerprint density at radius 2 is 1.00 bits per heavy atom. The van der Waals surface area contributed by atoms with Crippen LogP contribution in [-0.2, 0) is 19.1 Å². The maximum atomic E-state index is 12.0. The third kappa shape index (κ3) is 11.9. The monoisotopic (exact) mass is 548 g/mol. The van der Waals surface area contributed by atoms with Crippen LogP contribution in [0.4, 0.5) is 9.59 Å². The number of carbonyl (C=O) groups is 4. The van der Waals surface area contributed by atoms with Gasteiger partial charge in [0.05, 0.1) is 12.8 Å². The summed E-state index contributed by atoms with van der Waals surface area (Å²) in [6.07, 6.45) is 8.38. The Kier molecular flexibility index (Phi) is 13.6. The van der Waals surface area contributed by atoms with Crippen LogP contribution in [0.25, 0.3) is 0 Å². The highest BCUT2D eigenvalue weighted by Crippen LogP contribution is 2.39. The molecule has 2 amide bonds. The van der Waals surface area contributed by atoms with Crippen molar-refractivity contribution in [1.82, 2.24) is 10.6 Å². The topological polar surface area (TPSA) is 151 Å². The van der Waals surface area contributed by atoms with E-state index >= 15 is 0 Å². The summed E-state index contributed by atoms with van der Waals surface area (Å²) >= 11 is 0. The van der Waals surface area contributed by atoms with Crippen LogP contribution in [0, 0.1) is 10.8 Å². The van der Waals surface area contributed by atoms with Gasteiger partial charge in [0.25, 0.3) is 0 Å². The van der Waals surface area contributed by atoms with Crippen molar-refractivity contribution >= 4 is 45.7 Å². The van der Waals surface area contributed by atoms with Crippen molar-refractivity contribution in [3.05, 3.63) is 0 Å². The first-order valence-electron chi connectivity index (χ1n) is 12.7. The fourth-order valence-corrected chi connectivity index (χ4v) is 6.81. The van der Waals surface area contributed by atoms with Gasteiger partial charge >= 0.3 is 24.1 Å². The number of hydrogen-bond donors (Lipinski definition) is 4. The Hall–Kier alpha value is -1.82. The Morgan fingerprint density at radius 1 is 0.639 bits per heavy atom. The van der Waals surface area contributed by atoms with Crippen molar-refractivity contribution in [3.8, 4) is 0 Å². The summed E-state index contributed by atoms with van der Waals surface area (Å²) in [6.45, 7) is 1.08. The first-order chi connectivity index (χ1) is 17.2. The first-order valence-corrected chi connectivity index (χ1v) is 15.2. The van der Waals surface area contributed by atoms with E-state index in [1.165, 1.54) is 21.6 Å². The minimum absolute atomic E-state index is 0.0586. The predicted molar refractivity (Wildman–Crippen MR) is 139 cm³/mol. The zero-order valence-electron chi connectivity index (χ0n) is 20.9. The molecule has 0 aromatic heterocycles. The minimum Gasteiger partial charge on any atom is -0.481 e. The Labute approximate surface area is 220 Å². The van der Waals surface area contributed by atoms with Crippen molar-refractivity contribution in [2.45, 2.75) is 77.0 Å².